The minimum absolute atomic E-state index is 0.231. The predicted octanol–water partition coefficient (Wildman–Crippen LogP) is 3.64. The molecule has 0 radical (unpaired) electrons. The van der Waals surface area contributed by atoms with Gasteiger partial charge in [0.25, 0.3) is 0 Å². The number of aromatic nitrogens is 9. The van der Waals surface area contributed by atoms with Crippen molar-refractivity contribution < 1.29 is 0 Å². The summed E-state index contributed by atoms with van der Waals surface area (Å²) >= 11 is 7.52. The van der Waals surface area contributed by atoms with E-state index in [9.17, 15) is 0 Å². The van der Waals surface area contributed by atoms with Gasteiger partial charge in [0, 0.05) is 10.6 Å². The van der Waals surface area contributed by atoms with Crippen molar-refractivity contribution in [1.82, 2.24) is 44.6 Å². The lowest BCUT2D eigenvalue weighted by Crippen LogP contribution is -2.23. The van der Waals surface area contributed by atoms with Crippen LogP contribution in [0.15, 0.2) is 77.5 Å². The summed E-state index contributed by atoms with van der Waals surface area (Å²) in [6.45, 7) is 1.93. The number of rotatable bonds is 4. The Kier molecular flexibility index (Phi) is 4.77. The van der Waals surface area contributed by atoms with Gasteiger partial charge >= 0.3 is 0 Å². The van der Waals surface area contributed by atoms with E-state index in [2.05, 4.69) is 30.6 Å². The molecule has 1 aliphatic rings. The molecule has 0 saturated carbocycles. The van der Waals surface area contributed by atoms with Crippen LogP contribution in [0.1, 0.15) is 16.6 Å². The van der Waals surface area contributed by atoms with Crippen LogP contribution in [0, 0.1) is 6.92 Å². The van der Waals surface area contributed by atoms with Crippen LogP contribution < -0.4 is 0 Å². The van der Waals surface area contributed by atoms with Crippen molar-refractivity contribution in [2.45, 2.75) is 17.5 Å². The number of nitrogens with zero attached hydrogens (tertiary/aromatic N) is 10. The highest BCUT2D eigenvalue weighted by molar-refractivity contribution is 8.00. The molecule has 5 aromatic rings. The number of hydrogen-bond acceptors (Lipinski definition) is 8. The molecule has 162 valence electrons. The van der Waals surface area contributed by atoms with Gasteiger partial charge in [0.2, 0.25) is 11.0 Å². The Morgan fingerprint density at radius 1 is 0.970 bits per heavy atom. The van der Waals surface area contributed by atoms with Crippen LogP contribution in [0.25, 0.3) is 17.2 Å². The molecule has 0 N–H and O–H groups in total. The van der Waals surface area contributed by atoms with E-state index in [1.54, 1.807) is 20.4 Å². The summed E-state index contributed by atoms with van der Waals surface area (Å²) in [4.78, 5) is 4.09. The van der Waals surface area contributed by atoms with Crippen LogP contribution in [0.4, 0.5) is 0 Å². The van der Waals surface area contributed by atoms with Gasteiger partial charge in [-0.1, -0.05) is 58.9 Å². The molecular formula is C21H15ClN10S. The number of fused-ring (bicyclic) bond motifs is 1. The zero-order valence-electron chi connectivity index (χ0n) is 17.2. The molecule has 4 heterocycles. The molecule has 6 rings (SSSR count). The summed E-state index contributed by atoms with van der Waals surface area (Å²) < 4.78 is 5.21. The van der Waals surface area contributed by atoms with Crippen molar-refractivity contribution in [2.75, 3.05) is 0 Å². The highest BCUT2D eigenvalue weighted by Gasteiger charge is 2.32. The highest BCUT2D eigenvalue weighted by Crippen LogP contribution is 2.38. The second-order valence-electron chi connectivity index (χ2n) is 7.23. The SMILES string of the molecule is Cc1c(-c2nnc3n2N=C(c2ccccc2)C(n2cncn2)S3)nnn1-c1ccc(Cl)cc1. The van der Waals surface area contributed by atoms with Crippen molar-refractivity contribution in [1.29, 1.82) is 0 Å². The maximum atomic E-state index is 6.02. The molecule has 0 aliphatic carbocycles. The summed E-state index contributed by atoms with van der Waals surface area (Å²) in [5.74, 6) is 0.515. The lowest BCUT2D eigenvalue weighted by molar-refractivity contribution is 0.666. The van der Waals surface area contributed by atoms with Gasteiger partial charge in [-0.3, -0.25) is 0 Å². The van der Waals surface area contributed by atoms with Gasteiger partial charge in [0.1, 0.15) is 18.4 Å². The fourth-order valence-corrected chi connectivity index (χ4v) is 4.73. The molecule has 10 nitrogen and oxygen atoms in total. The first-order valence-electron chi connectivity index (χ1n) is 9.98. The van der Waals surface area contributed by atoms with Crippen LogP contribution in [-0.2, 0) is 0 Å². The molecule has 3 aromatic heterocycles. The lowest BCUT2D eigenvalue weighted by Gasteiger charge is -2.22. The molecule has 12 heteroatoms. The van der Waals surface area contributed by atoms with Crippen LogP contribution >= 0.6 is 23.4 Å². The predicted molar refractivity (Wildman–Crippen MR) is 123 cm³/mol. The number of halogens is 1. The average Bonchev–Trinajstić information content (AvgIpc) is 3.59. The standard InChI is InChI=1S/C21H15ClN10S/c1-13-17(25-29-31(13)16-9-7-15(22)8-10-16)19-26-27-21-32(19)28-18(14-5-3-2-4-6-14)20(33-21)30-12-23-11-24-30/h2-12,20H,1H3. The second kappa shape index (κ2) is 7.94. The molecule has 33 heavy (non-hydrogen) atoms. The zero-order valence-corrected chi connectivity index (χ0v) is 18.8. The van der Waals surface area contributed by atoms with Gasteiger partial charge in [0.15, 0.2) is 11.1 Å². The molecule has 2 aromatic carbocycles. The topological polar surface area (TPSA) is 104 Å². The minimum Gasteiger partial charge on any atom is -0.233 e. The van der Waals surface area contributed by atoms with Crippen molar-refractivity contribution in [3.05, 3.63) is 83.5 Å². The van der Waals surface area contributed by atoms with E-state index < -0.39 is 0 Å². The summed E-state index contributed by atoms with van der Waals surface area (Å²) in [7, 11) is 0. The third-order valence-electron chi connectivity index (χ3n) is 5.19. The highest BCUT2D eigenvalue weighted by atomic mass is 35.5. The molecule has 0 bridgehead atoms. The van der Waals surface area contributed by atoms with E-state index in [-0.39, 0.29) is 5.37 Å². The zero-order chi connectivity index (χ0) is 22.4. The number of benzene rings is 2. The number of hydrogen-bond donors (Lipinski definition) is 0. The van der Waals surface area contributed by atoms with Crippen LogP contribution in [0.3, 0.4) is 0 Å². The molecule has 0 fully saturated rings. The monoisotopic (exact) mass is 474 g/mol. The van der Waals surface area contributed by atoms with Crippen molar-refractivity contribution in [3.63, 3.8) is 0 Å². The Labute approximate surface area is 196 Å². The third-order valence-corrected chi connectivity index (χ3v) is 6.57. The molecule has 1 aliphatic heterocycles. The molecule has 1 unspecified atom stereocenters. The maximum Gasteiger partial charge on any atom is 0.214 e. The van der Waals surface area contributed by atoms with Crippen LogP contribution in [0.2, 0.25) is 5.02 Å². The van der Waals surface area contributed by atoms with Gasteiger partial charge in [0.05, 0.1) is 11.4 Å². The van der Waals surface area contributed by atoms with Gasteiger partial charge in [-0.05, 0) is 31.2 Å². The van der Waals surface area contributed by atoms with E-state index in [0.717, 1.165) is 22.7 Å². The number of thioether (sulfide) groups is 1. The van der Waals surface area contributed by atoms with Gasteiger partial charge < -0.3 is 0 Å². The van der Waals surface area contributed by atoms with E-state index >= 15 is 0 Å². The van der Waals surface area contributed by atoms with E-state index in [1.807, 2.05) is 61.5 Å². The fraction of sp³-hybridized carbons (Fsp3) is 0.0952. The molecule has 0 spiro atoms. The average molecular weight is 475 g/mol. The van der Waals surface area contributed by atoms with E-state index in [1.165, 1.54) is 18.1 Å². The largest absolute Gasteiger partial charge is 0.233 e. The Hall–Kier alpha value is -3.83. The quantitative estimate of drug-likeness (QED) is 0.391. The van der Waals surface area contributed by atoms with Gasteiger partial charge in [-0.25, -0.2) is 14.3 Å². The van der Waals surface area contributed by atoms with E-state index in [4.69, 9.17) is 16.7 Å². The molecule has 0 saturated heterocycles. The summed E-state index contributed by atoms with van der Waals surface area (Å²) in [5, 5.41) is 27.8. The first-order chi connectivity index (χ1) is 16.2. The Morgan fingerprint density at radius 2 is 1.79 bits per heavy atom. The molecule has 1 atom stereocenters. The van der Waals surface area contributed by atoms with Crippen LogP contribution in [-0.4, -0.2) is 50.3 Å². The molecule has 0 amide bonds. The van der Waals surface area contributed by atoms with Crippen molar-refractivity contribution >= 4 is 29.1 Å². The minimum atomic E-state index is -0.231. The van der Waals surface area contributed by atoms with Crippen LogP contribution in [0.5, 0.6) is 0 Å². The first kappa shape index (κ1) is 19.8. The lowest BCUT2D eigenvalue weighted by atomic mass is 10.1. The maximum absolute atomic E-state index is 6.02. The Bertz CT molecular complexity index is 1460. The normalized spacial score (nSPS) is 15.3. The third kappa shape index (κ3) is 3.41. The Balaban J connectivity index is 1.46. The van der Waals surface area contributed by atoms with Crippen molar-refractivity contribution in [3.8, 4) is 17.2 Å². The Morgan fingerprint density at radius 3 is 2.55 bits per heavy atom. The van der Waals surface area contributed by atoms with E-state index in [0.29, 0.717) is 21.7 Å². The van der Waals surface area contributed by atoms with Gasteiger partial charge in [-0.15, -0.1) is 15.3 Å². The smallest absolute Gasteiger partial charge is 0.214 e. The summed E-state index contributed by atoms with van der Waals surface area (Å²) in [6, 6.07) is 17.4. The fourth-order valence-electron chi connectivity index (χ4n) is 3.58. The molecular weight excluding hydrogens is 460 g/mol. The second-order valence-corrected chi connectivity index (χ2v) is 8.71. The first-order valence-corrected chi connectivity index (χ1v) is 11.2. The van der Waals surface area contributed by atoms with Gasteiger partial charge in [-0.2, -0.15) is 14.9 Å². The summed E-state index contributed by atoms with van der Waals surface area (Å²) in [5.41, 5.74) is 4.04. The van der Waals surface area contributed by atoms with Crippen molar-refractivity contribution in [2.24, 2.45) is 5.10 Å². The summed E-state index contributed by atoms with van der Waals surface area (Å²) in [6.07, 6.45) is 3.18.